The van der Waals surface area contributed by atoms with Crippen LogP contribution < -0.4 is 19.7 Å². The van der Waals surface area contributed by atoms with Crippen LogP contribution in [0.4, 0.5) is 11.4 Å². The first kappa shape index (κ1) is 17.4. The van der Waals surface area contributed by atoms with Crippen LogP contribution in [0.3, 0.4) is 0 Å². The third-order valence-corrected chi connectivity index (χ3v) is 4.88. The minimum absolute atomic E-state index is 0.161. The highest BCUT2D eigenvalue weighted by Crippen LogP contribution is 2.33. The summed E-state index contributed by atoms with van der Waals surface area (Å²) in [5, 5.41) is 2.84. The maximum absolute atomic E-state index is 12.7. The molecule has 2 aliphatic rings. The highest BCUT2D eigenvalue weighted by atomic mass is 16.5. The molecule has 2 aromatic rings. The van der Waals surface area contributed by atoms with Crippen LogP contribution in [0.2, 0.25) is 0 Å². The Balaban J connectivity index is 1.45. The van der Waals surface area contributed by atoms with Crippen molar-refractivity contribution in [2.45, 2.75) is 19.8 Å². The fourth-order valence-electron chi connectivity index (χ4n) is 3.37. The molecule has 6 nitrogen and oxygen atoms in total. The topological polar surface area (TPSA) is 67.9 Å². The van der Waals surface area contributed by atoms with Gasteiger partial charge in [-0.2, -0.15) is 0 Å². The van der Waals surface area contributed by atoms with Gasteiger partial charge in [0.1, 0.15) is 5.92 Å². The minimum atomic E-state index is -0.678. The lowest BCUT2D eigenvalue weighted by Crippen LogP contribution is -2.33. The second kappa shape index (κ2) is 7.31. The normalized spacial score (nSPS) is 18.9. The van der Waals surface area contributed by atoms with Crippen LogP contribution >= 0.6 is 0 Å². The molecule has 2 heterocycles. The highest BCUT2D eigenvalue weighted by Gasteiger charge is 2.37. The van der Waals surface area contributed by atoms with Crippen molar-refractivity contribution in [3.05, 3.63) is 48.0 Å². The van der Waals surface area contributed by atoms with E-state index in [9.17, 15) is 9.59 Å². The Kier molecular flexibility index (Phi) is 4.71. The van der Waals surface area contributed by atoms with Gasteiger partial charge in [0.25, 0.3) is 0 Å². The first-order chi connectivity index (χ1) is 13.1. The van der Waals surface area contributed by atoms with Crippen molar-refractivity contribution in [3.63, 3.8) is 0 Å². The molecule has 0 aromatic heterocycles. The van der Waals surface area contributed by atoms with E-state index in [1.807, 2.05) is 31.2 Å². The first-order valence-corrected chi connectivity index (χ1v) is 9.20. The summed E-state index contributed by atoms with van der Waals surface area (Å²) in [4.78, 5) is 27.1. The molecule has 1 atom stereocenters. The van der Waals surface area contributed by atoms with E-state index in [1.54, 1.807) is 23.1 Å². The van der Waals surface area contributed by atoms with Crippen LogP contribution in [-0.2, 0) is 9.59 Å². The van der Waals surface area contributed by atoms with Gasteiger partial charge in [0.05, 0.1) is 13.2 Å². The number of hydrogen-bond donors (Lipinski definition) is 1. The Hall–Kier alpha value is -3.02. The predicted molar refractivity (Wildman–Crippen MR) is 102 cm³/mol. The van der Waals surface area contributed by atoms with Gasteiger partial charge in [-0.3, -0.25) is 9.59 Å². The lowest BCUT2D eigenvalue weighted by atomic mass is 10.1. The summed E-state index contributed by atoms with van der Waals surface area (Å²) in [5.74, 6) is 0.161. The van der Waals surface area contributed by atoms with Gasteiger partial charge in [-0.1, -0.05) is 17.7 Å². The number of rotatable bonds is 3. The van der Waals surface area contributed by atoms with Crippen LogP contribution in [0.25, 0.3) is 0 Å². The molecule has 0 saturated carbocycles. The third kappa shape index (κ3) is 3.60. The molecule has 140 valence electrons. The monoisotopic (exact) mass is 366 g/mol. The van der Waals surface area contributed by atoms with Crippen molar-refractivity contribution in [1.29, 1.82) is 0 Å². The molecule has 0 bridgehead atoms. The Bertz CT molecular complexity index is 863. The van der Waals surface area contributed by atoms with E-state index in [0.717, 1.165) is 17.7 Å². The van der Waals surface area contributed by atoms with Crippen molar-refractivity contribution < 1.29 is 19.1 Å². The zero-order valence-electron chi connectivity index (χ0n) is 15.2. The number of carbonyl (C=O) groups is 2. The Morgan fingerprint density at radius 1 is 1.07 bits per heavy atom. The van der Waals surface area contributed by atoms with E-state index >= 15 is 0 Å². The van der Waals surface area contributed by atoms with Gasteiger partial charge in [0, 0.05) is 30.4 Å². The number of amides is 2. The molecule has 4 rings (SSSR count). The number of nitrogens with zero attached hydrogens (tertiary/aromatic N) is 1. The molecule has 27 heavy (non-hydrogen) atoms. The van der Waals surface area contributed by atoms with Crippen molar-refractivity contribution in [2.75, 3.05) is 30.0 Å². The van der Waals surface area contributed by atoms with E-state index in [2.05, 4.69) is 5.32 Å². The summed E-state index contributed by atoms with van der Waals surface area (Å²) < 4.78 is 11.2. The molecule has 0 aliphatic carbocycles. The standard InChI is InChI=1S/C21H22N2O4/c1-14-3-6-16(7-4-14)23-10-9-17(21(23)25)20(24)22-15-5-8-18-19(13-15)27-12-2-11-26-18/h3-8,13,17H,2,9-12H2,1H3,(H,22,24). The van der Waals surface area contributed by atoms with Gasteiger partial charge in [-0.25, -0.2) is 0 Å². The number of aryl methyl sites for hydroxylation is 1. The smallest absolute Gasteiger partial charge is 0.239 e. The van der Waals surface area contributed by atoms with Crippen LogP contribution in [0.5, 0.6) is 11.5 Å². The van der Waals surface area contributed by atoms with Gasteiger partial charge >= 0.3 is 0 Å². The second-order valence-corrected chi connectivity index (χ2v) is 6.87. The van der Waals surface area contributed by atoms with Crippen LogP contribution in [0.1, 0.15) is 18.4 Å². The Morgan fingerprint density at radius 2 is 1.81 bits per heavy atom. The number of fused-ring (bicyclic) bond motifs is 1. The van der Waals surface area contributed by atoms with Gasteiger partial charge < -0.3 is 19.7 Å². The molecule has 2 aromatic carbocycles. The lowest BCUT2D eigenvalue weighted by Gasteiger charge is -2.17. The fraction of sp³-hybridized carbons (Fsp3) is 0.333. The molecular formula is C21H22N2O4. The number of benzene rings is 2. The molecule has 6 heteroatoms. The van der Waals surface area contributed by atoms with Gasteiger partial charge in [-0.05, 0) is 37.6 Å². The summed E-state index contributed by atoms with van der Waals surface area (Å²) >= 11 is 0. The molecule has 1 saturated heterocycles. The quantitative estimate of drug-likeness (QED) is 0.848. The van der Waals surface area contributed by atoms with Gasteiger partial charge in [0.2, 0.25) is 11.8 Å². The minimum Gasteiger partial charge on any atom is -0.490 e. The SMILES string of the molecule is Cc1ccc(N2CCC(C(=O)Nc3ccc4c(c3)OCCCO4)C2=O)cc1. The fourth-order valence-corrected chi connectivity index (χ4v) is 3.37. The van der Waals surface area contributed by atoms with E-state index < -0.39 is 5.92 Å². The lowest BCUT2D eigenvalue weighted by molar-refractivity contribution is -0.129. The number of anilines is 2. The first-order valence-electron chi connectivity index (χ1n) is 9.20. The van der Waals surface area contributed by atoms with Crippen LogP contribution in [0, 0.1) is 12.8 Å². The Labute approximate surface area is 158 Å². The zero-order valence-corrected chi connectivity index (χ0v) is 15.2. The molecule has 0 spiro atoms. The summed E-state index contributed by atoms with van der Waals surface area (Å²) in [5.41, 5.74) is 2.57. The molecule has 1 unspecified atom stereocenters. The molecule has 1 fully saturated rings. The van der Waals surface area contributed by atoms with E-state index in [1.165, 1.54) is 0 Å². The summed E-state index contributed by atoms with van der Waals surface area (Å²) in [6, 6.07) is 13.1. The summed E-state index contributed by atoms with van der Waals surface area (Å²) in [6.45, 7) is 3.74. The number of carbonyl (C=O) groups excluding carboxylic acids is 2. The Morgan fingerprint density at radius 3 is 2.59 bits per heavy atom. The zero-order chi connectivity index (χ0) is 18.8. The van der Waals surface area contributed by atoms with E-state index in [-0.39, 0.29) is 11.8 Å². The van der Waals surface area contributed by atoms with E-state index in [0.29, 0.717) is 43.4 Å². The van der Waals surface area contributed by atoms with Crippen molar-refractivity contribution >= 4 is 23.2 Å². The molecular weight excluding hydrogens is 344 g/mol. The third-order valence-electron chi connectivity index (χ3n) is 4.88. The van der Waals surface area contributed by atoms with E-state index in [4.69, 9.17) is 9.47 Å². The van der Waals surface area contributed by atoms with Crippen molar-refractivity contribution in [2.24, 2.45) is 5.92 Å². The van der Waals surface area contributed by atoms with Crippen LogP contribution in [-0.4, -0.2) is 31.6 Å². The van der Waals surface area contributed by atoms with Crippen molar-refractivity contribution in [1.82, 2.24) is 0 Å². The average Bonchev–Trinajstić information content (AvgIpc) is 2.90. The molecule has 2 amide bonds. The summed E-state index contributed by atoms with van der Waals surface area (Å²) in [6.07, 6.45) is 1.32. The molecule has 2 aliphatic heterocycles. The maximum Gasteiger partial charge on any atom is 0.239 e. The van der Waals surface area contributed by atoms with Gasteiger partial charge in [-0.15, -0.1) is 0 Å². The number of hydrogen-bond acceptors (Lipinski definition) is 4. The number of nitrogens with one attached hydrogen (secondary N) is 1. The summed E-state index contributed by atoms with van der Waals surface area (Å²) in [7, 11) is 0. The largest absolute Gasteiger partial charge is 0.490 e. The number of ether oxygens (including phenoxy) is 2. The maximum atomic E-state index is 12.7. The van der Waals surface area contributed by atoms with Crippen molar-refractivity contribution in [3.8, 4) is 11.5 Å². The predicted octanol–water partition coefficient (Wildman–Crippen LogP) is 3.15. The second-order valence-electron chi connectivity index (χ2n) is 6.87. The average molecular weight is 366 g/mol. The van der Waals surface area contributed by atoms with Crippen LogP contribution in [0.15, 0.2) is 42.5 Å². The van der Waals surface area contributed by atoms with Gasteiger partial charge in [0.15, 0.2) is 11.5 Å². The molecule has 0 radical (unpaired) electrons. The highest BCUT2D eigenvalue weighted by molar-refractivity contribution is 6.13. The molecule has 1 N–H and O–H groups in total.